The molecule has 2 atom stereocenters. The zero-order valence-corrected chi connectivity index (χ0v) is 9.46. The van der Waals surface area contributed by atoms with Crippen molar-refractivity contribution in [2.45, 2.75) is 25.9 Å². The molecule has 1 aliphatic rings. The second-order valence-electron chi connectivity index (χ2n) is 4.25. The summed E-state index contributed by atoms with van der Waals surface area (Å²) in [6.45, 7) is 5.42. The molecule has 0 amide bonds. The average molecular weight is 210 g/mol. The predicted molar refractivity (Wildman–Crippen MR) is 61.4 cm³/mol. The van der Waals surface area contributed by atoms with Crippen molar-refractivity contribution >= 4 is 11.3 Å². The minimum atomic E-state index is 0.698. The number of rotatable bonds is 3. The molecule has 0 radical (unpaired) electrons. The van der Waals surface area contributed by atoms with Gasteiger partial charge < -0.3 is 5.73 Å². The molecule has 2 N–H and O–H groups in total. The number of nitrogens with two attached hydrogens (primary N) is 1. The lowest BCUT2D eigenvalue weighted by atomic mass is 10.1. The lowest BCUT2D eigenvalue weighted by Crippen LogP contribution is -2.27. The minimum Gasteiger partial charge on any atom is -0.330 e. The van der Waals surface area contributed by atoms with Crippen LogP contribution in [0.5, 0.6) is 0 Å². The van der Waals surface area contributed by atoms with Crippen LogP contribution in [0.2, 0.25) is 0 Å². The van der Waals surface area contributed by atoms with Crippen LogP contribution in [0.1, 0.15) is 18.9 Å². The third kappa shape index (κ3) is 2.16. The van der Waals surface area contributed by atoms with Crippen molar-refractivity contribution in [3.63, 3.8) is 0 Å². The van der Waals surface area contributed by atoms with Crippen molar-refractivity contribution in [3.05, 3.63) is 22.4 Å². The quantitative estimate of drug-likeness (QED) is 0.826. The van der Waals surface area contributed by atoms with Crippen molar-refractivity contribution in [2.24, 2.45) is 11.7 Å². The Labute approximate surface area is 89.7 Å². The van der Waals surface area contributed by atoms with Gasteiger partial charge in [-0.25, -0.2) is 0 Å². The van der Waals surface area contributed by atoms with Gasteiger partial charge in [-0.15, -0.1) is 0 Å². The van der Waals surface area contributed by atoms with Gasteiger partial charge in [-0.05, 0) is 48.2 Å². The molecule has 0 spiro atoms. The Morgan fingerprint density at radius 2 is 2.50 bits per heavy atom. The van der Waals surface area contributed by atoms with Crippen LogP contribution in [-0.4, -0.2) is 24.0 Å². The summed E-state index contributed by atoms with van der Waals surface area (Å²) in [6.07, 6.45) is 1.26. The fraction of sp³-hybridized carbons (Fsp3) is 0.636. The Kier molecular flexibility index (Phi) is 3.21. The normalized spacial score (nSPS) is 28.4. The monoisotopic (exact) mass is 210 g/mol. The zero-order chi connectivity index (χ0) is 9.97. The van der Waals surface area contributed by atoms with Crippen molar-refractivity contribution in [1.29, 1.82) is 0 Å². The van der Waals surface area contributed by atoms with Crippen LogP contribution >= 0.6 is 11.3 Å². The fourth-order valence-corrected chi connectivity index (χ4v) is 2.89. The predicted octanol–water partition coefficient (Wildman–Crippen LogP) is 1.92. The molecule has 3 heteroatoms. The molecule has 1 aromatic heterocycles. The lowest BCUT2D eigenvalue weighted by molar-refractivity contribution is 0.256. The Hall–Kier alpha value is -0.380. The Morgan fingerprint density at radius 1 is 1.64 bits per heavy atom. The average Bonchev–Trinajstić information content (AvgIpc) is 2.78. The molecule has 1 aromatic rings. The molecule has 1 aliphatic heterocycles. The fourth-order valence-electron chi connectivity index (χ4n) is 2.23. The molecule has 1 fully saturated rings. The van der Waals surface area contributed by atoms with Crippen molar-refractivity contribution in [1.82, 2.24) is 4.90 Å². The first-order chi connectivity index (χ1) is 6.79. The molecule has 2 rings (SSSR count). The first-order valence-electron chi connectivity index (χ1n) is 5.24. The second-order valence-corrected chi connectivity index (χ2v) is 5.03. The van der Waals surface area contributed by atoms with Gasteiger partial charge in [0, 0.05) is 19.1 Å². The van der Waals surface area contributed by atoms with E-state index in [1.807, 2.05) is 0 Å². The molecule has 1 saturated heterocycles. The summed E-state index contributed by atoms with van der Waals surface area (Å²) < 4.78 is 0. The molecular weight excluding hydrogens is 192 g/mol. The van der Waals surface area contributed by atoms with E-state index < -0.39 is 0 Å². The van der Waals surface area contributed by atoms with Crippen LogP contribution in [0.25, 0.3) is 0 Å². The van der Waals surface area contributed by atoms with Gasteiger partial charge in [-0.2, -0.15) is 11.3 Å². The summed E-state index contributed by atoms with van der Waals surface area (Å²) in [5.41, 5.74) is 7.15. The maximum atomic E-state index is 5.71. The molecule has 78 valence electrons. The van der Waals surface area contributed by atoms with E-state index in [2.05, 4.69) is 28.7 Å². The number of hydrogen-bond acceptors (Lipinski definition) is 3. The van der Waals surface area contributed by atoms with Crippen LogP contribution < -0.4 is 5.73 Å². The van der Waals surface area contributed by atoms with Gasteiger partial charge >= 0.3 is 0 Å². The van der Waals surface area contributed by atoms with Gasteiger partial charge in [-0.3, -0.25) is 4.90 Å². The third-order valence-electron chi connectivity index (χ3n) is 3.09. The number of hydrogen-bond donors (Lipinski definition) is 1. The molecular formula is C11H18N2S. The van der Waals surface area contributed by atoms with Crippen LogP contribution in [0.4, 0.5) is 0 Å². The van der Waals surface area contributed by atoms with E-state index in [0.717, 1.165) is 13.1 Å². The largest absolute Gasteiger partial charge is 0.330 e. The summed E-state index contributed by atoms with van der Waals surface area (Å²) in [5, 5.41) is 4.39. The smallest absolute Gasteiger partial charge is 0.0244 e. The summed E-state index contributed by atoms with van der Waals surface area (Å²) in [5.74, 6) is 0.712. The Bertz CT molecular complexity index is 271. The second kappa shape index (κ2) is 4.43. The number of thiophene rings is 1. The van der Waals surface area contributed by atoms with E-state index in [4.69, 9.17) is 5.73 Å². The van der Waals surface area contributed by atoms with E-state index in [1.54, 1.807) is 11.3 Å². The topological polar surface area (TPSA) is 29.3 Å². The Morgan fingerprint density at radius 3 is 3.07 bits per heavy atom. The van der Waals surface area contributed by atoms with Gasteiger partial charge in [-0.1, -0.05) is 0 Å². The van der Waals surface area contributed by atoms with Crippen molar-refractivity contribution < 1.29 is 0 Å². The maximum Gasteiger partial charge on any atom is 0.0244 e. The molecule has 14 heavy (non-hydrogen) atoms. The highest BCUT2D eigenvalue weighted by Crippen LogP contribution is 2.24. The Balaban J connectivity index is 1.93. The van der Waals surface area contributed by atoms with E-state index >= 15 is 0 Å². The van der Waals surface area contributed by atoms with E-state index in [1.165, 1.54) is 18.5 Å². The summed E-state index contributed by atoms with van der Waals surface area (Å²) in [7, 11) is 0. The maximum absolute atomic E-state index is 5.71. The first kappa shape index (κ1) is 10.1. The van der Waals surface area contributed by atoms with E-state index in [0.29, 0.717) is 12.0 Å². The van der Waals surface area contributed by atoms with Crippen LogP contribution in [0, 0.1) is 5.92 Å². The highest BCUT2D eigenvalue weighted by molar-refractivity contribution is 7.07. The molecule has 0 bridgehead atoms. The zero-order valence-electron chi connectivity index (χ0n) is 8.65. The molecule has 0 aliphatic carbocycles. The minimum absolute atomic E-state index is 0.698. The molecule has 2 heterocycles. The highest BCUT2D eigenvalue weighted by atomic mass is 32.1. The van der Waals surface area contributed by atoms with Gasteiger partial charge in [0.15, 0.2) is 0 Å². The molecule has 2 nitrogen and oxygen atoms in total. The van der Waals surface area contributed by atoms with Gasteiger partial charge in [0.2, 0.25) is 0 Å². The number of likely N-dealkylation sites (tertiary alicyclic amines) is 1. The molecule has 0 aromatic carbocycles. The SMILES string of the molecule is CC1CC(CN)CN1Cc1ccsc1. The van der Waals surface area contributed by atoms with Crippen molar-refractivity contribution in [2.75, 3.05) is 13.1 Å². The van der Waals surface area contributed by atoms with Gasteiger partial charge in [0.25, 0.3) is 0 Å². The van der Waals surface area contributed by atoms with Crippen LogP contribution in [0.3, 0.4) is 0 Å². The van der Waals surface area contributed by atoms with Crippen LogP contribution in [0.15, 0.2) is 16.8 Å². The third-order valence-corrected chi connectivity index (χ3v) is 3.82. The highest BCUT2D eigenvalue weighted by Gasteiger charge is 2.27. The molecule has 0 saturated carbocycles. The summed E-state index contributed by atoms with van der Waals surface area (Å²) >= 11 is 1.78. The van der Waals surface area contributed by atoms with Gasteiger partial charge in [0.05, 0.1) is 0 Å². The standard InChI is InChI=1S/C11H18N2S/c1-9-4-11(5-12)7-13(9)6-10-2-3-14-8-10/h2-3,8-9,11H,4-7,12H2,1H3. The number of nitrogens with zero attached hydrogens (tertiary/aromatic N) is 1. The van der Waals surface area contributed by atoms with Crippen LogP contribution in [-0.2, 0) is 6.54 Å². The van der Waals surface area contributed by atoms with E-state index in [-0.39, 0.29) is 0 Å². The van der Waals surface area contributed by atoms with Crippen molar-refractivity contribution in [3.8, 4) is 0 Å². The summed E-state index contributed by atoms with van der Waals surface area (Å²) in [4.78, 5) is 2.54. The molecule has 2 unspecified atom stereocenters. The summed E-state index contributed by atoms with van der Waals surface area (Å²) in [6, 6.07) is 2.91. The first-order valence-corrected chi connectivity index (χ1v) is 6.19. The van der Waals surface area contributed by atoms with E-state index in [9.17, 15) is 0 Å². The lowest BCUT2D eigenvalue weighted by Gasteiger charge is -2.20. The van der Waals surface area contributed by atoms with Gasteiger partial charge in [0.1, 0.15) is 0 Å².